The van der Waals surface area contributed by atoms with E-state index >= 15 is 0 Å². The molecule has 0 spiro atoms. The Balaban J connectivity index is 4.49. The van der Waals surface area contributed by atoms with Crippen LogP contribution in [0.2, 0.25) is 0 Å². The van der Waals surface area contributed by atoms with Gasteiger partial charge in [0.1, 0.15) is 6.04 Å². The maximum Gasteiger partial charge on any atom is 0.321 e. The van der Waals surface area contributed by atoms with Crippen molar-refractivity contribution in [2.75, 3.05) is 18.8 Å². The van der Waals surface area contributed by atoms with E-state index in [1.54, 1.807) is 18.7 Å². The molecule has 0 aliphatic rings. The third-order valence-corrected chi connectivity index (χ3v) is 4.17. The van der Waals surface area contributed by atoms with Gasteiger partial charge in [0.15, 0.2) is 0 Å². The zero-order valence-corrected chi connectivity index (χ0v) is 12.9. The number of aliphatic carboxylic acids is 1. The SMILES string of the molecule is C=C(C)CN(CC)C(=O)CSC(C)(C)[C@H](N)C(=O)O. The van der Waals surface area contributed by atoms with Crippen molar-refractivity contribution in [3.05, 3.63) is 12.2 Å². The Bertz CT molecular complexity index is 356. The monoisotopic (exact) mass is 288 g/mol. The molecule has 3 N–H and O–H groups in total. The Morgan fingerprint density at radius 1 is 1.47 bits per heavy atom. The van der Waals surface area contributed by atoms with Gasteiger partial charge in [0.25, 0.3) is 0 Å². The lowest BCUT2D eigenvalue weighted by atomic mass is 10.1. The number of hydrogen-bond donors (Lipinski definition) is 2. The molecule has 110 valence electrons. The van der Waals surface area contributed by atoms with E-state index in [4.69, 9.17) is 10.8 Å². The normalized spacial score (nSPS) is 12.9. The van der Waals surface area contributed by atoms with Gasteiger partial charge < -0.3 is 15.7 Å². The van der Waals surface area contributed by atoms with Crippen molar-refractivity contribution in [2.45, 2.75) is 38.5 Å². The third-order valence-electron chi connectivity index (χ3n) is 2.78. The number of rotatable bonds is 8. The van der Waals surface area contributed by atoms with Gasteiger partial charge in [-0.15, -0.1) is 11.8 Å². The Hall–Kier alpha value is -1.01. The molecule has 0 aromatic rings. The molecular formula is C13H24N2O3S. The van der Waals surface area contributed by atoms with Crippen LogP contribution in [-0.2, 0) is 9.59 Å². The van der Waals surface area contributed by atoms with E-state index < -0.39 is 16.8 Å². The second-order valence-electron chi connectivity index (χ2n) is 5.07. The van der Waals surface area contributed by atoms with E-state index in [-0.39, 0.29) is 11.7 Å². The molecule has 0 saturated heterocycles. The zero-order valence-electron chi connectivity index (χ0n) is 12.1. The molecule has 1 atom stereocenters. The number of carbonyl (C=O) groups excluding carboxylic acids is 1. The number of carboxylic acid groups (broad SMARTS) is 1. The Morgan fingerprint density at radius 3 is 2.37 bits per heavy atom. The summed E-state index contributed by atoms with van der Waals surface area (Å²) in [7, 11) is 0. The second kappa shape index (κ2) is 7.55. The van der Waals surface area contributed by atoms with Crippen molar-refractivity contribution >= 4 is 23.6 Å². The molecule has 0 unspecified atom stereocenters. The highest BCUT2D eigenvalue weighted by Crippen LogP contribution is 2.27. The van der Waals surface area contributed by atoms with Crippen molar-refractivity contribution in [1.29, 1.82) is 0 Å². The first-order valence-electron chi connectivity index (χ1n) is 6.16. The van der Waals surface area contributed by atoms with Crippen LogP contribution in [0.15, 0.2) is 12.2 Å². The van der Waals surface area contributed by atoms with Crippen LogP contribution >= 0.6 is 11.8 Å². The zero-order chi connectivity index (χ0) is 15.2. The van der Waals surface area contributed by atoms with E-state index in [2.05, 4.69) is 6.58 Å². The van der Waals surface area contributed by atoms with Gasteiger partial charge in [-0.05, 0) is 27.7 Å². The van der Waals surface area contributed by atoms with Crippen LogP contribution in [-0.4, -0.2) is 51.5 Å². The number of carbonyl (C=O) groups is 2. The van der Waals surface area contributed by atoms with Gasteiger partial charge in [-0.3, -0.25) is 9.59 Å². The number of thioether (sulfide) groups is 1. The molecule has 0 aliphatic carbocycles. The highest BCUT2D eigenvalue weighted by Gasteiger charge is 2.33. The van der Waals surface area contributed by atoms with Gasteiger partial charge >= 0.3 is 5.97 Å². The van der Waals surface area contributed by atoms with Crippen LogP contribution in [0.1, 0.15) is 27.7 Å². The predicted octanol–water partition coefficient (Wildman–Crippen LogP) is 1.33. The molecule has 0 radical (unpaired) electrons. The summed E-state index contributed by atoms with van der Waals surface area (Å²) in [5, 5.41) is 8.91. The van der Waals surface area contributed by atoms with E-state index in [9.17, 15) is 9.59 Å². The van der Waals surface area contributed by atoms with Crippen LogP contribution in [0.4, 0.5) is 0 Å². The van der Waals surface area contributed by atoms with Gasteiger partial charge in [-0.2, -0.15) is 0 Å². The first-order chi connectivity index (χ1) is 8.61. The summed E-state index contributed by atoms with van der Waals surface area (Å²) < 4.78 is -0.690. The largest absolute Gasteiger partial charge is 0.480 e. The minimum atomic E-state index is -1.06. The van der Waals surface area contributed by atoms with Crippen molar-refractivity contribution in [2.24, 2.45) is 5.73 Å². The molecule has 6 heteroatoms. The Kier molecular flexibility index (Phi) is 7.15. The van der Waals surface area contributed by atoms with Gasteiger partial charge in [-0.25, -0.2) is 0 Å². The molecular weight excluding hydrogens is 264 g/mol. The quantitative estimate of drug-likeness (QED) is 0.658. The lowest BCUT2D eigenvalue weighted by molar-refractivity contribution is -0.139. The molecule has 0 aromatic carbocycles. The van der Waals surface area contributed by atoms with Gasteiger partial charge in [-0.1, -0.05) is 12.2 Å². The topological polar surface area (TPSA) is 83.6 Å². The van der Waals surface area contributed by atoms with Crippen molar-refractivity contribution < 1.29 is 14.7 Å². The van der Waals surface area contributed by atoms with E-state index in [0.717, 1.165) is 5.57 Å². The summed E-state index contributed by atoms with van der Waals surface area (Å²) in [5.41, 5.74) is 6.53. The number of nitrogens with zero attached hydrogens (tertiary/aromatic N) is 1. The second-order valence-corrected chi connectivity index (χ2v) is 6.70. The first-order valence-corrected chi connectivity index (χ1v) is 7.14. The average molecular weight is 288 g/mol. The highest BCUT2D eigenvalue weighted by atomic mass is 32.2. The molecule has 0 rings (SSSR count). The fraction of sp³-hybridized carbons (Fsp3) is 0.692. The smallest absolute Gasteiger partial charge is 0.321 e. The lowest BCUT2D eigenvalue weighted by Crippen LogP contribution is -2.47. The van der Waals surface area contributed by atoms with Crippen LogP contribution in [0.3, 0.4) is 0 Å². The van der Waals surface area contributed by atoms with Crippen molar-refractivity contribution in [3.8, 4) is 0 Å². The molecule has 0 saturated carbocycles. The summed E-state index contributed by atoms with van der Waals surface area (Å²) >= 11 is 1.27. The van der Waals surface area contributed by atoms with Gasteiger partial charge in [0.05, 0.1) is 5.75 Å². The van der Waals surface area contributed by atoms with E-state index in [1.165, 1.54) is 11.8 Å². The standard InChI is InChI=1S/C13H24N2O3S/c1-6-15(7-9(2)3)10(16)8-19-13(4,5)11(14)12(17)18/h11H,2,6-8,14H2,1,3-5H3,(H,17,18)/t11-/m1/s1. The average Bonchev–Trinajstić information content (AvgIpc) is 2.31. The van der Waals surface area contributed by atoms with Crippen LogP contribution < -0.4 is 5.73 Å². The van der Waals surface area contributed by atoms with E-state index in [0.29, 0.717) is 13.1 Å². The fourth-order valence-electron chi connectivity index (χ4n) is 1.43. The first kappa shape index (κ1) is 18.0. The van der Waals surface area contributed by atoms with Crippen LogP contribution in [0.25, 0.3) is 0 Å². The summed E-state index contributed by atoms with van der Waals surface area (Å²) in [5.74, 6) is -0.866. The Morgan fingerprint density at radius 2 is 2.00 bits per heavy atom. The minimum absolute atomic E-state index is 0.0267. The molecule has 0 heterocycles. The summed E-state index contributed by atoms with van der Waals surface area (Å²) in [6, 6.07) is -0.999. The lowest BCUT2D eigenvalue weighted by Gasteiger charge is -2.29. The summed E-state index contributed by atoms with van der Waals surface area (Å²) in [6.45, 7) is 12.2. The Labute approximate surface area is 119 Å². The maximum absolute atomic E-state index is 12.0. The third kappa shape index (κ3) is 6.11. The maximum atomic E-state index is 12.0. The van der Waals surface area contributed by atoms with Crippen molar-refractivity contribution in [3.63, 3.8) is 0 Å². The van der Waals surface area contributed by atoms with Crippen LogP contribution in [0.5, 0.6) is 0 Å². The van der Waals surface area contributed by atoms with E-state index in [1.807, 2.05) is 13.8 Å². The minimum Gasteiger partial charge on any atom is -0.480 e. The molecule has 5 nitrogen and oxygen atoms in total. The van der Waals surface area contributed by atoms with Crippen LogP contribution in [0, 0.1) is 0 Å². The number of likely N-dealkylation sites (N-methyl/N-ethyl adjacent to an activating group) is 1. The molecule has 1 amide bonds. The number of carboxylic acids is 1. The number of hydrogen-bond acceptors (Lipinski definition) is 4. The van der Waals surface area contributed by atoms with Gasteiger partial charge in [0.2, 0.25) is 5.91 Å². The molecule has 0 aliphatic heterocycles. The fourth-order valence-corrected chi connectivity index (χ4v) is 2.39. The number of nitrogens with two attached hydrogens (primary N) is 1. The number of amides is 1. The molecule has 0 aromatic heterocycles. The summed E-state index contributed by atoms with van der Waals surface area (Å²) in [4.78, 5) is 24.6. The highest BCUT2D eigenvalue weighted by molar-refractivity contribution is 8.01. The van der Waals surface area contributed by atoms with Gasteiger partial charge in [0, 0.05) is 17.8 Å². The molecule has 0 bridgehead atoms. The molecule has 0 fully saturated rings. The predicted molar refractivity (Wildman–Crippen MR) is 79.2 cm³/mol. The van der Waals surface area contributed by atoms with Crippen molar-refractivity contribution in [1.82, 2.24) is 4.90 Å². The summed E-state index contributed by atoms with van der Waals surface area (Å²) in [6.07, 6.45) is 0. The molecule has 19 heavy (non-hydrogen) atoms.